The minimum atomic E-state index is -0.714. The van der Waals surface area contributed by atoms with E-state index in [9.17, 15) is 14.0 Å². The molecule has 3 aromatic carbocycles. The maximum absolute atomic E-state index is 13.2. The van der Waals surface area contributed by atoms with Crippen molar-refractivity contribution in [3.8, 4) is 5.75 Å². The van der Waals surface area contributed by atoms with E-state index in [2.05, 4.69) is 36.5 Å². The number of hydrogen-bond donors (Lipinski definition) is 1. The third-order valence-electron chi connectivity index (χ3n) is 6.98. The van der Waals surface area contributed by atoms with Crippen LogP contribution in [0.4, 0.5) is 4.39 Å². The van der Waals surface area contributed by atoms with E-state index in [0.29, 0.717) is 18.8 Å². The number of benzene rings is 3. The summed E-state index contributed by atoms with van der Waals surface area (Å²) in [7, 11) is 0. The summed E-state index contributed by atoms with van der Waals surface area (Å²) >= 11 is 0. The van der Waals surface area contributed by atoms with Crippen molar-refractivity contribution in [2.75, 3.05) is 6.54 Å². The van der Waals surface area contributed by atoms with E-state index in [0.717, 1.165) is 41.5 Å². The summed E-state index contributed by atoms with van der Waals surface area (Å²) in [5.41, 5.74) is 5.30. The third-order valence-corrected chi connectivity index (χ3v) is 6.98. The molecule has 2 aliphatic rings. The van der Waals surface area contributed by atoms with E-state index < -0.39 is 6.10 Å². The second-order valence-electron chi connectivity index (χ2n) is 9.84. The summed E-state index contributed by atoms with van der Waals surface area (Å²) in [4.78, 5) is 27.9. The zero-order valence-corrected chi connectivity index (χ0v) is 20.7. The van der Waals surface area contributed by atoms with Gasteiger partial charge in [0.2, 0.25) is 5.91 Å². The average Bonchev–Trinajstić information content (AvgIpc) is 3.72. The number of carbonyl (C=O) groups excluding carboxylic acids is 2. The topological polar surface area (TPSA) is 58.6 Å². The minimum absolute atomic E-state index is 0.142. The summed E-state index contributed by atoms with van der Waals surface area (Å²) in [6.45, 7) is 4.76. The SMILES string of the molecule is Cc1cccc([C@@H]2c3cc(O[C@@H](C)C(=O)NCc4ccc(F)cc4)ccc3CCN2C(=O)C2CC2)c1. The zero-order valence-electron chi connectivity index (χ0n) is 20.7. The van der Waals surface area contributed by atoms with Crippen molar-refractivity contribution < 1.29 is 18.7 Å². The highest BCUT2D eigenvalue weighted by Gasteiger charge is 2.39. The van der Waals surface area contributed by atoms with Crippen LogP contribution in [0.5, 0.6) is 5.75 Å². The fourth-order valence-corrected chi connectivity index (χ4v) is 4.86. The Kier molecular flexibility index (Phi) is 6.77. The van der Waals surface area contributed by atoms with Gasteiger partial charge in [-0.05, 0) is 79.6 Å². The van der Waals surface area contributed by atoms with Crippen molar-refractivity contribution in [3.63, 3.8) is 0 Å². The molecule has 0 unspecified atom stereocenters. The number of ether oxygens (including phenoxy) is 1. The quantitative estimate of drug-likeness (QED) is 0.505. The van der Waals surface area contributed by atoms with E-state index in [1.807, 2.05) is 23.1 Å². The van der Waals surface area contributed by atoms with Gasteiger partial charge in [-0.25, -0.2) is 4.39 Å². The molecule has 1 heterocycles. The molecule has 0 bridgehead atoms. The van der Waals surface area contributed by atoms with E-state index in [-0.39, 0.29) is 29.6 Å². The normalized spacial score (nSPS) is 17.8. The first-order valence-corrected chi connectivity index (χ1v) is 12.6. The Bertz CT molecular complexity index is 1270. The van der Waals surface area contributed by atoms with Crippen LogP contribution in [0.1, 0.15) is 53.6 Å². The highest BCUT2D eigenvalue weighted by atomic mass is 19.1. The molecule has 186 valence electrons. The van der Waals surface area contributed by atoms with Gasteiger partial charge < -0.3 is 15.0 Å². The molecule has 1 N–H and O–H groups in total. The molecule has 1 aliphatic heterocycles. The Hall–Kier alpha value is -3.67. The highest BCUT2D eigenvalue weighted by Crippen LogP contribution is 2.41. The number of halogens is 1. The Morgan fingerprint density at radius 1 is 1.08 bits per heavy atom. The number of aryl methyl sites for hydroxylation is 1. The number of rotatable bonds is 7. The first-order chi connectivity index (χ1) is 17.4. The van der Waals surface area contributed by atoms with Gasteiger partial charge in [-0.2, -0.15) is 0 Å². The third kappa shape index (κ3) is 5.27. The van der Waals surface area contributed by atoms with Crippen molar-refractivity contribution in [2.24, 2.45) is 5.92 Å². The predicted molar refractivity (Wildman–Crippen MR) is 136 cm³/mol. The number of nitrogens with zero attached hydrogens (tertiary/aromatic N) is 1. The predicted octanol–water partition coefficient (Wildman–Crippen LogP) is 5.10. The first kappa shape index (κ1) is 24.0. The van der Waals surface area contributed by atoms with Crippen LogP contribution in [-0.2, 0) is 22.6 Å². The van der Waals surface area contributed by atoms with Crippen LogP contribution < -0.4 is 10.1 Å². The standard InChI is InChI=1S/C30H31FN2O3/c1-19-4-3-5-24(16-19)28-27-17-26(13-10-22(27)14-15-33(28)30(35)23-8-9-23)36-20(2)29(34)32-18-21-6-11-25(31)12-7-21/h3-7,10-13,16-17,20,23,28H,8-9,14-15,18H2,1-2H3,(H,32,34)/t20-,28+/m0/s1. The lowest BCUT2D eigenvalue weighted by Crippen LogP contribution is -2.41. The van der Waals surface area contributed by atoms with Gasteiger partial charge in [0.25, 0.3) is 5.91 Å². The summed E-state index contributed by atoms with van der Waals surface area (Å²) in [5, 5.41) is 2.84. The van der Waals surface area contributed by atoms with Crippen molar-refractivity contribution >= 4 is 11.8 Å². The maximum atomic E-state index is 13.2. The highest BCUT2D eigenvalue weighted by molar-refractivity contribution is 5.82. The number of nitrogens with one attached hydrogen (secondary N) is 1. The van der Waals surface area contributed by atoms with E-state index >= 15 is 0 Å². The van der Waals surface area contributed by atoms with Gasteiger partial charge in [-0.3, -0.25) is 9.59 Å². The first-order valence-electron chi connectivity index (χ1n) is 12.6. The molecular weight excluding hydrogens is 455 g/mol. The molecule has 36 heavy (non-hydrogen) atoms. The summed E-state index contributed by atoms with van der Waals surface area (Å²) < 4.78 is 19.2. The van der Waals surface area contributed by atoms with Crippen LogP contribution in [0.2, 0.25) is 0 Å². The molecule has 0 spiro atoms. The van der Waals surface area contributed by atoms with Crippen molar-refractivity contribution in [2.45, 2.75) is 51.8 Å². The van der Waals surface area contributed by atoms with Crippen molar-refractivity contribution in [3.05, 3.63) is 100 Å². The molecule has 0 aromatic heterocycles. The Morgan fingerprint density at radius 3 is 2.58 bits per heavy atom. The van der Waals surface area contributed by atoms with Gasteiger partial charge >= 0.3 is 0 Å². The molecule has 1 fully saturated rings. The fraction of sp³-hybridized carbons (Fsp3) is 0.333. The number of fused-ring (bicyclic) bond motifs is 1. The monoisotopic (exact) mass is 486 g/mol. The fourth-order valence-electron chi connectivity index (χ4n) is 4.86. The van der Waals surface area contributed by atoms with Gasteiger partial charge in [-0.1, -0.05) is 48.0 Å². The zero-order chi connectivity index (χ0) is 25.2. The molecule has 2 atom stereocenters. The minimum Gasteiger partial charge on any atom is -0.481 e. The largest absolute Gasteiger partial charge is 0.481 e. The maximum Gasteiger partial charge on any atom is 0.261 e. The lowest BCUT2D eigenvalue weighted by atomic mass is 9.87. The van der Waals surface area contributed by atoms with E-state index in [1.54, 1.807) is 19.1 Å². The molecule has 1 aliphatic carbocycles. The smallest absolute Gasteiger partial charge is 0.261 e. The van der Waals surface area contributed by atoms with E-state index in [4.69, 9.17) is 4.74 Å². The lowest BCUT2D eigenvalue weighted by molar-refractivity contribution is -0.134. The molecule has 5 rings (SSSR count). The van der Waals surface area contributed by atoms with Crippen LogP contribution >= 0.6 is 0 Å². The molecule has 6 heteroatoms. The van der Waals surface area contributed by atoms with Crippen molar-refractivity contribution in [1.29, 1.82) is 0 Å². The van der Waals surface area contributed by atoms with Gasteiger partial charge in [0, 0.05) is 19.0 Å². The Balaban J connectivity index is 1.35. The van der Waals surface area contributed by atoms with Crippen molar-refractivity contribution in [1.82, 2.24) is 10.2 Å². The Morgan fingerprint density at radius 2 is 1.86 bits per heavy atom. The molecular formula is C30H31FN2O3. The molecule has 0 saturated heterocycles. The van der Waals surface area contributed by atoms with Gasteiger partial charge in [0.15, 0.2) is 6.10 Å². The number of amides is 2. The van der Waals surface area contributed by atoms with Gasteiger partial charge in [0.1, 0.15) is 11.6 Å². The molecule has 5 nitrogen and oxygen atoms in total. The molecule has 2 amide bonds. The second-order valence-corrected chi connectivity index (χ2v) is 9.84. The van der Waals surface area contributed by atoms with Crippen LogP contribution in [0.3, 0.4) is 0 Å². The molecule has 0 radical (unpaired) electrons. The summed E-state index contributed by atoms with van der Waals surface area (Å²) in [6, 6.07) is 20.1. The average molecular weight is 487 g/mol. The summed E-state index contributed by atoms with van der Waals surface area (Å²) in [6.07, 6.45) is 2.02. The van der Waals surface area contributed by atoms with Gasteiger partial charge in [-0.15, -0.1) is 0 Å². The van der Waals surface area contributed by atoms with Crippen LogP contribution in [0.15, 0.2) is 66.7 Å². The van der Waals surface area contributed by atoms with Crippen LogP contribution in [0, 0.1) is 18.7 Å². The van der Waals surface area contributed by atoms with Crippen LogP contribution in [-0.4, -0.2) is 29.4 Å². The van der Waals surface area contributed by atoms with Crippen LogP contribution in [0.25, 0.3) is 0 Å². The number of carbonyl (C=O) groups is 2. The lowest BCUT2D eigenvalue weighted by Gasteiger charge is -2.38. The summed E-state index contributed by atoms with van der Waals surface area (Å²) in [5.74, 6) is 0.403. The number of hydrogen-bond acceptors (Lipinski definition) is 3. The molecule has 3 aromatic rings. The van der Waals surface area contributed by atoms with Gasteiger partial charge in [0.05, 0.1) is 6.04 Å². The Labute approximate surface area is 211 Å². The van der Waals surface area contributed by atoms with E-state index in [1.165, 1.54) is 17.7 Å². The molecule has 1 saturated carbocycles. The second kappa shape index (κ2) is 10.1.